The van der Waals surface area contributed by atoms with Crippen molar-refractivity contribution in [2.75, 3.05) is 11.9 Å². The molecule has 0 unspecified atom stereocenters. The van der Waals surface area contributed by atoms with Gasteiger partial charge in [-0.2, -0.15) is 0 Å². The molecule has 0 aliphatic carbocycles. The first-order valence-electron chi connectivity index (χ1n) is 9.08. The van der Waals surface area contributed by atoms with E-state index in [0.29, 0.717) is 22.3 Å². The summed E-state index contributed by atoms with van der Waals surface area (Å²) < 4.78 is 6.86. The number of carbonyl (C=O) groups excluding carboxylic acids is 2. The number of aryl methyl sites for hydroxylation is 2. The number of esters is 1. The molecule has 2 aromatic carbocycles. The highest BCUT2D eigenvalue weighted by atomic mass is 16.5. The van der Waals surface area contributed by atoms with Crippen LogP contribution >= 0.6 is 0 Å². The molecule has 1 N–H and O–H groups in total. The van der Waals surface area contributed by atoms with Gasteiger partial charge < -0.3 is 14.6 Å². The maximum atomic E-state index is 12.7. The largest absolute Gasteiger partial charge is 0.462 e. The second-order valence-electron chi connectivity index (χ2n) is 6.52. The maximum Gasteiger partial charge on any atom is 0.340 e. The van der Waals surface area contributed by atoms with Crippen molar-refractivity contribution in [1.29, 1.82) is 0 Å². The van der Waals surface area contributed by atoms with E-state index in [4.69, 9.17) is 4.74 Å². The van der Waals surface area contributed by atoms with Gasteiger partial charge in [0.05, 0.1) is 23.4 Å². The lowest BCUT2D eigenvalue weighted by Crippen LogP contribution is -2.23. The third kappa shape index (κ3) is 3.81. The molecule has 3 rings (SSSR count). The van der Waals surface area contributed by atoms with E-state index in [9.17, 15) is 14.4 Å². The van der Waals surface area contributed by atoms with Crippen molar-refractivity contribution in [3.8, 4) is 0 Å². The second kappa shape index (κ2) is 8.08. The number of hydrogen-bond donors (Lipinski definition) is 1. The topological polar surface area (TPSA) is 77.4 Å². The zero-order valence-corrected chi connectivity index (χ0v) is 16.1. The third-order valence-corrected chi connectivity index (χ3v) is 4.54. The van der Waals surface area contributed by atoms with Crippen molar-refractivity contribution < 1.29 is 14.3 Å². The Hall–Kier alpha value is -3.41. The highest BCUT2D eigenvalue weighted by molar-refractivity contribution is 6.01. The summed E-state index contributed by atoms with van der Waals surface area (Å²) in [4.78, 5) is 37.1. The lowest BCUT2D eigenvalue weighted by Gasteiger charge is -2.17. The van der Waals surface area contributed by atoms with Crippen LogP contribution < -0.4 is 10.7 Å². The number of nitrogens with zero attached hydrogens (tertiary/aromatic N) is 1. The molecule has 0 aliphatic heterocycles. The minimum absolute atomic E-state index is 0.0185. The van der Waals surface area contributed by atoms with Crippen LogP contribution in [0.25, 0.3) is 10.9 Å². The third-order valence-electron chi connectivity index (χ3n) is 4.54. The predicted molar refractivity (Wildman–Crippen MR) is 109 cm³/mol. The van der Waals surface area contributed by atoms with Crippen molar-refractivity contribution in [3.05, 3.63) is 75.6 Å². The minimum Gasteiger partial charge on any atom is -0.462 e. The van der Waals surface area contributed by atoms with Gasteiger partial charge in [-0.25, -0.2) is 4.79 Å². The molecule has 6 heteroatoms. The van der Waals surface area contributed by atoms with Gasteiger partial charge in [0, 0.05) is 17.1 Å². The highest BCUT2D eigenvalue weighted by Crippen LogP contribution is 2.19. The van der Waals surface area contributed by atoms with Gasteiger partial charge in [-0.15, -0.1) is 0 Å². The van der Waals surface area contributed by atoms with Crippen LogP contribution in [0.4, 0.5) is 5.69 Å². The summed E-state index contributed by atoms with van der Waals surface area (Å²) in [7, 11) is 0. The Labute approximate surface area is 162 Å². The molecule has 28 heavy (non-hydrogen) atoms. The summed E-state index contributed by atoms with van der Waals surface area (Å²) in [6, 6.07) is 13.7. The number of para-hydroxylation sites is 2. The van der Waals surface area contributed by atoms with E-state index in [1.165, 1.54) is 6.07 Å². The van der Waals surface area contributed by atoms with Gasteiger partial charge in [-0.3, -0.25) is 9.59 Å². The van der Waals surface area contributed by atoms with Crippen LogP contribution in [-0.4, -0.2) is 23.1 Å². The maximum absolute atomic E-state index is 12.7. The van der Waals surface area contributed by atoms with E-state index in [-0.39, 0.29) is 24.5 Å². The number of hydrogen-bond acceptors (Lipinski definition) is 4. The number of carbonyl (C=O) groups is 2. The summed E-state index contributed by atoms with van der Waals surface area (Å²) in [6.07, 6.45) is 0. The highest BCUT2D eigenvalue weighted by Gasteiger charge is 2.16. The molecule has 0 spiro atoms. The summed E-state index contributed by atoms with van der Waals surface area (Å²) >= 11 is 0. The quantitative estimate of drug-likeness (QED) is 0.690. The number of ether oxygens (including phenoxy) is 1. The van der Waals surface area contributed by atoms with Gasteiger partial charge in [-0.1, -0.05) is 24.3 Å². The molecule has 1 aromatic heterocycles. The normalized spacial score (nSPS) is 10.7. The number of anilines is 1. The molecule has 144 valence electrons. The predicted octanol–water partition coefficient (Wildman–Crippen LogP) is 3.43. The zero-order valence-electron chi connectivity index (χ0n) is 16.1. The summed E-state index contributed by atoms with van der Waals surface area (Å²) in [5, 5.41) is 3.36. The monoisotopic (exact) mass is 378 g/mol. The number of benzene rings is 2. The van der Waals surface area contributed by atoms with Gasteiger partial charge in [0.2, 0.25) is 5.91 Å². The molecule has 1 heterocycles. The lowest BCUT2D eigenvalue weighted by atomic mass is 10.1. The Morgan fingerprint density at radius 2 is 1.82 bits per heavy atom. The average molecular weight is 378 g/mol. The lowest BCUT2D eigenvalue weighted by molar-refractivity contribution is -0.116. The zero-order chi connectivity index (χ0) is 20.3. The number of amides is 1. The van der Waals surface area contributed by atoms with Crippen LogP contribution in [0.3, 0.4) is 0 Å². The molecule has 0 radical (unpaired) electrons. The van der Waals surface area contributed by atoms with Crippen LogP contribution in [0.2, 0.25) is 0 Å². The SMILES string of the molecule is CCOC(=O)c1ccccc1NC(=O)Cn1c(C)cc(=O)c2cccc(C)c21. The Morgan fingerprint density at radius 1 is 1.07 bits per heavy atom. The van der Waals surface area contributed by atoms with Gasteiger partial charge in [0.25, 0.3) is 0 Å². The van der Waals surface area contributed by atoms with Gasteiger partial charge in [0.1, 0.15) is 6.54 Å². The Bertz CT molecular complexity index is 1120. The van der Waals surface area contributed by atoms with E-state index in [1.54, 1.807) is 44.2 Å². The fourth-order valence-electron chi connectivity index (χ4n) is 3.25. The summed E-state index contributed by atoms with van der Waals surface area (Å²) in [5.41, 5.74) is 2.97. The fraction of sp³-hybridized carbons (Fsp3) is 0.227. The van der Waals surface area contributed by atoms with E-state index < -0.39 is 5.97 Å². The van der Waals surface area contributed by atoms with Crippen molar-refractivity contribution in [1.82, 2.24) is 4.57 Å². The molecule has 0 saturated heterocycles. The van der Waals surface area contributed by atoms with E-state index >= 15 is 0 Å². The van der Waals surface area contributed by atoms with E-state index in [0.717, 1.165) is 11.1 Å². The van der Waals surface area contributed by atoms with Gasteiger partial charge in [-0.05, 0) is 44.5 Å². The van der Waals surface area contributed by atoms with Crippen molar-refractivity contribution in [2.45, 2.75) is 27.3 Å². The molecule has 3 aromatic rings. The van der Waals surface area contributed by atoms with Crippen LogP contribution in [-0.2, 0) is 16.1 Å². The average Bonchev–Trinajstić information content (AvgIpc) is 2.66. The first kappa shape index (κ1) is 19.4. The smallest absolute Gasteiger partial charge is 0.340 e. The molecular formula is C22H22N2O4. The van der Waals surface area contributed by atoms with Crippen LogP contribution in [0.1, 0.15) is 28.5 Å². The first-order valence-corrected chi connectivity index (χ1v) is 9.08. The van der Waals surface area contributed by atoms with Crippen molar-refractivity contribution in [3.63, 3.8) is 0 Å². The van der Waals surface area contributed by atoms with Crippen molar-refractivity contribution >= 4 is 28.5 Å². The minimum atomic E-state index is -0.487. The number of rotatable bonds is 5. The molecular weight excluding hydrogens is 356 g/mol. The van der Waals surface area contributed by atoms with Gasteiger partial charge in [0.15, 0.2) is 5.43 Å². The number of fused-ring (bicyclic) bond motifs is 1. The second-order valence-corrected chi connectivity index (χ2v) is 6.52. The Kier molecular flexibility index (Phi) is 5.59. The number of pyridine rings is 1. The number of nitrogens with one attached hydrogen (secondary N) is 1. The fourth-order valence-corrected chi connectivity index (χ4v) is 3.25. The molecule has 1 amide bonds. The van der Waals surface area contributed by atoms with Crippen LogP contribution in [0, 0.1) is 13.8 Å². The van der Waals surface area contributed by atoms with Crippen LogP contribution in [0.15, 0.2) is 53.3 Å². The molecule has 0 aliphatic rings. The molecule has 6 nitrogen and oxygen atoms in total. The van der Waals surface area contributed by atoms with Gasteiger partial charge >= 0.3 is 5.97 Å². The van der Waals surface area contributed by atoms with E-state index in [2.05, 4.69) is 5.32 Å². The molecule has 0 saturated carbocycles. The molecule has 0 bridgehead atoms. The van der Waals surface area contributed by atoms with Crippen molar-refractivity contribution in [2.24, 2.45) is 0 Å². The molecule has 0 atom stereocenters. The standard InChI is InChI=1S/C22H22N2O4/c1-4-28-22(27)16-9-5-6-11-18(16)23-20(26)13-24-15(3)12-19(25)17-10-7-8-14(2)21(17)24/h5-12H,4,13H2,1-3H3,(H,23,26). The Morgan fingerprint density at radius 3 is 2.57 bits per heavy atom. The Balaban J connectivity index is 1.94. The first-order chi connectivity index (χ1) is 13.4. The van der Waals surface area contributed by atoms with Crippen LogP contribution in [0.5, 0.6) is 0 Å². The van der Waals surface area contributed by atoms with E-state index in [1.807, 2.05) is 23.6 Å². The number of aromatic nitrogens is 1. The summed E-state index contributed by atoms with van der Waals surface area (Å²) in [5.74, 6) is -0.785. The summed E-state index contributed by atoms with van der Waals surface area (Å²) in [6.45, 7) is 5.71. The molecule has 0 fully saturated rings.